The Hall–Kier alpha value is -2.30. The van der Waals surface area contributed by atoms with Crippen molar-refractivity contribution in [1.82, 2.24) is 10.6 Å². The van der Waals surface area contributed by atoms with E-state index in [1.165, 1.54) is 23.9 Å². The summed E-state index contributed by atoms with van der Waals surface area (Å²) in [6, 6.07) is 0. The van der Waals surface area contributed by atoms with Gasteiger partial charge in [-0.15, -0.1) is 0 Å². The molecule has 0 spiro atoms. The van der Waals surface area contributed by atoms with E-state index in [-0.39, 0.29) is 27.7 Å². The van der Waals surface area contributed by atoms with Crippen molar-refractivity contribution in [2.75, 3.05) is 0 Å². The Morgan fingerprint density at radius 3 is 2.40 bits per heavy atom. The maximum atomic E-state index is 12.0. The van der Waals surface area contributed by atoms with Gasteiger partial charge < -0.3 is 10.6 Å². The van der Waals surface area contributed by atoms with Crippen molar-refractivity contribution in [2.24, 2.45) is 5.41 Å². The van der Waals surface area contributed by atoms with Gasteiger partial charge in [-0.3, -0.25) is 9.59 Å². The van der Waals surface area contributed by atoms with Gasteiger partial charge in [0.25, 0.3) is 5.91 Å². The molecule has 0 heterocycles. The largest absolute Gasteiger partial charge is 0.365 e. The van der Waals surface area contributed by atoms with E-state index < -0.39 is 0 Å². The van der Waals surface area contributed by atoms with Gasteiger partial charge in [0.15, 0.2) is 5.78 Å². The van der Waals surface area contributed by atoms with E-state index in [0.717, 1.165) is 18.5 Å². The van der Waals surface area contributed by atoms with Crippen LogP contribution in [0.3, 0.4) is 0 Å². The number of halogens is 2. The predicted molar refractivity (Wildman–Crippen MR) is 129 cm³/mol. The third-order valence-corrected chi connectivity index (χ3v) is 4.79. The highest BCUT2D eigenvalue weighted by molar-refractivity contribution is 6.35. The maximum absolute atomic E-state index is 12.0. The van der Waals surface area contributed by atoms with Crippen LogP contribution < -0.4 is 10.6 Å². The molecule has 0 fully saturated rings. The Morgan fingerprint density at radius 2 is 1.83 bits per heavy atom. The monoisotopic (exact) mass is 450 g/mol. The molecule has 1 aliphatic carbocycles. The summed E-state index contributed by atoms with van der Waals surface area (Å²) in [5.74, 6) is -0.222. The van der Waals surface area contributed by atoms with E-state index in [9.17, 15) is 9.59 Å². The zero-order valence-corrected chi connectivity index (χ0v) is 19.7. The Kier molecular flexibility index (Phi) is 14.3. The average molecular weight is 451 g/mol. The summed E-state index contributed by atoms with van der Waals surface area (Å²) in [6.45, 7) is 11.8. The van der Waals surface area contributed by atoms with Crippen LogP contribution >= 0.6 is 23.2 Å². The molecular weight excluding hydrogens is 419 g/mol. The molecule has 1 rings (SSSR count). The van der Waals surface area contributed by atoms with Crippen molar-refractivity contribution < 1.29 is 9.59 Å². The molecule has 1 amide bonds. The topological polar surface area (TPSA) is 58.2 Å². The van der Waals surface area contributed by atoms with E-state index >= 15 is 0 Å². The highest BCUT2D eigenvalue weighted by Crippen LogP contribution is 2.36. The number of carbonyl (C=O) groups is 2. The Labute approximate surface area is 190 Å². The van der Waals surface area contributed by atoms with E-state index in [1.807, 2.05) is 19.9 Å². The van der Waals surface area contributed by atoms with Gasteiger partial charge >= 0.3 is 0 Å². The van der Waals surface area contributed by atoms with Gasteiger partial charge in [0.05, 0.1) is 10.6 Å². The zero-order chi connectivity index (χ0) is 23.0. The molecule has 164 valence electrons. The fourth-order valence-electron chi connectivity index (χ4n) is 2.62. The maximum Gasteiger partial charge on any atom is 0.256 e. The molecule has 6 heteroatoms. The Balaban J connectivity index is 0.00000407. The van der Waals surface area contributed by atoms with E-state index in [4.69, 9.17) is 23.2 Å². The molecule has 1 atom stereocenters. The van der Waals surface area contributed by atoms with Crippen LogP contribution in [0.15, 0.2) is 83.3 Å². The van der Waals surface area contributed by atoms with Gasteiger partial charge in [-0.1, -0.05) is 75.7 Å². The van der Waals surface area contributed by atoms with Gasteiger partial charge in [-0.05, 0) is 36.5 Å². The molecule has 0 radical (unpaired) electrons. The Morgan fingerprint density at radius 1 is 1.20 bits per heavy atom. The van der Waals surface area contributed by atoms with Crippen LogP contribution in [0.2, 0.25) is 0 Å². The summed E-state index contributed by atoms with van der Waals surface area (Å²) >= 11 is 11.4. The Bertz CT molecular complexity index is 774. The van der Waals surface area contributed by atoms with Crippen LogP contribution in [0.5, 0.6) is 0 Å². The summed E-state index contributed by atoms with van der Waals surface area (Å²) < 4.78 is 0. The molecule has 0 saturated carbocycles. The van der Waals surface area contributed by atoms with Crippen molar-refractivity contribution >= 4 is 34.9 Å². The molecular formula is C24H32Cl2N2O2. The number of hydrogen-bond donors (Lipinski definition) is 2. The van der Waals surface area contributed by atoms with Crippen LogP contribution in [-0.2, 0) is 9.59 Å². The molecule has 0 aromatic carbocycles. The van der Waals surface area contributed by atoms with Crippen molar-refractivity contribution in [1.29, 1.82) is 0 Å². The van der Waals surface area contributed by atoms with Crippen LogP contribution in [0, 0.1) is 5.41 Å². The van der Waals surface area contributed by atoms with E-state index in [1.54, 1.807) is 30.5 Å². The van der Waals surface area contributed by atoms with Gasteiger partial charge in [0.1, 0.15) is 0 Å². The molecule has 1 aliphatic rings. The number of nitrogens with one attached hydrogen (secondary N) is 2. The summed E-state index contributed by atoms with van der Waals surface area (Å²) in [6.07, 6.45) is 17.2. The number of allylic oxidation sites excluding steroid dienone is 8. The number of carbonyl (C=O) groups excluding carboxylic acids is 2. The first kappa shape index (κ1) is 27.7. The predicted octanol–water partition coefficient (Wildman–Crippen LogP) is 6.40. The van der Waals surface area contributed by atoms with Crippen LogP contribution in [0.4, 0.5) is 0 Å². The molecule has 2 N–H and O–H groups in total. The van der Waals surface area contributed by atoms with Crippen LogP contribution in [0.1, 0.15) is 47.0 Å². The van der Waals surface area contributed by atoms with Crippen molar-refractivity contribution in [2.45, 2.75) is 47.0 Å². The summed E-state index contributed by atoms with van der Waals surface area (Å²) in [5.41, 5.74) is 2.41. The van der Waals surface area contributed by atoms with E-state index in [2.05, 4.69) is 31.1 Å². The first-order chi connectivity index (χ1) is 14.3. The second-order valence-electron chi connectivity index (χ2n) is 6.63. The molecule has 0 aliphatic heterocycles. The lowest BCUT2D eigenvalue weighted by Gasteiger charge is -2.31. The van der Waals surface area contributed by atoms with Gasteiger partial charge in [0, 0.05) is 36.1 Å². The zero-order valence-electron chi connectivity index (χ0n) is 18.2. The molecule has 0 bridgehead atoms. The second-order valence-corrected chi connectivity index (χ2v) is 7.29. The number of ketones is 1. The fraction of sp³-hybridized carbons (Fsp3) is 0.333. The first-order valence-corrected chi connectivity index (χ1v) is 10.7. The number of hydrogen-bond acceptors (Lipinski definition) is 3. The van der Waals surface area contributed by atoms with Crippen molar-refractivity contribution in [3.8, 4) is 0 Å². The quantitative estimate of drug-likeness (QED) is 0.315. The van der Waals surface area contributed by atoms with Crippen molar-refractivity contribution in [3.05, 3.63) is 83.3 Å². The SMILES string of the molecule is C=C/C(C(=O)N/C=C/C=C\C=C\NC1=CC(=O)CC(C)(CC)C1)=C(Cl)\C=C\Cl.CC. The fourth-order valence-corrected chi connectivity index (χ4v) is 3.04. The second kappa shape index (κ2) is 15.5. The number of rotatable bonds is 9. The lowest BCUT2D eigenvalue weighted by molar-refractivity contribution is -0.117. The molecule has 30 heavy (non-hydrogen) atoms. The molecule has 4 nitrogen and oxygen atoms in total. The number of amides is 1. The van der Waals surface area contributed by atoms with Crippen LogP contribution in [0.25, 0.3) is 0 Å². The highest BCUT2D eigenvalue weighted by atomic mass is 35.5. The summed E-state index contributed by atoms with van der Waals surface area (Å²) in [7, 11) is 0. The van der Waals surface area contributed by atoms with Gasteiger partial charge in [0.2, 0.25) is 0 Å². The summed E-state index contributed by atoms with van der Waals surface area (Å²) in [5, 5.41) is 5.96. The lowest BCUT2D eigenvalue weighted by Crippen LogP contribution is -2.27. The highest BCUT2D eigenvalue weighted by Gasteiger charge is 2.29. The first-order valence-electron chi connectivity index (χ1n) is 9.93. The smallest absolute Gasteiger partial charge is 0.256 e. The van der Waals surface area contributed by atoms with E-state index in [0.29, 0.717) is 6.42 Å². The summed E-state index contributed by atoms with van der Waals surface area (Å²) in [4.78, 5) is 23.8. The normalized spacial score (nSPS) is 20.2. The minimum absolute atomic E-state index is 0.0278. The third-order valence-electron chi connectivity index (χ3n) is 4.33. The minimum Gasteiger partial charge on any atom is -0.365 e. The third kappa shape index (κ3) is 10.5. The van der Waals surface area contributed by atoms with Gasteiger partial charge in [-0.25, -0.2) is 0 Å². The molecule has 0 aromatic heterocycles. The standard InChI is InChI=1S/C22H26Cl2N2O2.C2H6/c1-4-19(20(24)10-11-23)21(28)26-13-9-7-6-8-12-25-17-14-18(27)16-22(3,5-2)15-17;1-2/h4,6-14,25H,1,5,15-16H2,2-3H3,(H,26,28);1-2H3/b7-6-,11-10+,12-8+,13-9+,20-19-;. The van der Waals surface area contributed by atoms with Gasteiger partial charge in [-0.2, -0.15) is 0 Å². The molecule has 0 saturated heterocycles. The molecule has 0 aromatic rings. The van der Waals surface area contributed by atoms with Crippen LogP contribution in [-0.4, -0.2) is 11.7 Å². The minimum atomic E-state index is -0.385. The average Bonchev–Trinajstić information content (AvgIpc) is 2.71. The lowest BCUT2D eigenvalue weighted by atomic mass is 9.75. The van der Waals surface area contributed by atoms with Crippen molar-refractivity contribution in [3.63, 3.8) is 0 Å². The molecule has 1 unspecified atom stereocenters.